The van der Waals surface area contributed by atoms with E-state index in [1.165, 1.54) is 6.42 Å². The number of ether oxygens (including phenoxy) is 1. The average molecular weight is 627 g/mol. The summed E-state index contributed by atoms with van der Waals surface area (Å²) in [5.41, 5.74) is 0.191. The van der Waals surface area contributed by atoms with Gasteiger partial charge >= 0.3 is 25.4 Å². The van der Waals surface area contributed by atoms with Crippen molar-refractivity contribution in [2.75, 3.05) is 0 Å². The fourth-order valence-electron chi connectivity index (χ4n) is 6.61. The van der Waals surface area contributed by atoms with Crippen molar-refractivity contribution in [3.63, 3.8) is 0 Å². The van der Waals surface area contributed by atoms with Crippen LogP contribution in [0.1, 0.15) is 80.2 Å². The molecule has 44 heavy (non-hydrogen) atoms. The van der Waals surface area contributed by atoms with Gasteiger partial charge in [0.15, 0.2) is 0 Å². The summed E-state index contributed by atoms with van der Waals surface area (Å²) in [6, 6.07) is 8.89. The molecule has 1 aromatic rings. The largest absolute Gasteiger partial charge is 0.490 e. The van der Waals surface area contributed by atoms with Crippen molar-refractivity contribution < 1.29 is 46.7 Å². The van der Waals surface area contributed by atoms with Crippen LogP contribution in [-0.2, 0) is 30.1 Å². The van der Waals surface area contributed by atoms with E-state index < -0.39 is 37.0 Å². The number of rotatable bonds is 8. The first-order chi connectivity index (χ1) is 20.1. The lowest BCUT2D eigenvalue weighted by Crippen LogP contribution is -2.65. The number of carbonyl (C=O) groups excluding carboxylic acids is 2. The maximum atomic E-state index is 13.7. The maximum absolute atomic E-state index is 13.7. The van der Waals surface area contributed by atoms with Gasteiger partial charge in [-0.25, -0.2) is 9.59 Å². The van der Waals surface area contributed by atoms with Crippen molar-refractivity contribution in [1.82, 2.24) is 10.6 Å². The van der Waals surface area contributed by atoms with Crippen molar-refractivity contribution in [3.8, 4) is 0 Å². The minimum atomic E-state index is -5.08. The Kier molecular flexibility index (Phi) is 10.8. The molecule has 4 fully saturated rings. The normalized spacial score (nSPS) is 26.7. The van der Waals surface area contributed by atoms with Crippen molar-refractivity contribution >= 4 is 25.1 Å². The molecule has 6 atom stereocenters. The molecule has 1 unspecified atom stereocenters. The Balaban J connectivity index is 0.000000676. The van der Waals surface area contributed by atoms with Gasteiger partial charge in [-0.15, -0.1) is 0 Å². The molecule has 1 saturated heterocycles. The lowest BCUT2D eigenvalue weighted by molar-refractivity contribution is -0.199. The number of hydrogen-bond donors (Lipinski definition) is 3. The lowest BCUT2D eigenvalue weighted by Gasteiger charge is -2.64. The third-order valence-corrected chi connectivity index (χ3v) is 8.88. The fourth-order valence-corrected chi connectivity index (χ4v) is 6.61. The van der Waals surface area contributed by atoms with Crippen LogP contribution in [0.5, 0.6) is 0 Å². The summed E-state index contributed by atoms with van der Waals surface area (Å²) in [4.78, 5) is 35.2. The molecule has 3 aliphatic carbocycles. The van der Waals surface area contributed by atoms with Crippen LogP contribution in [0, 0.1) is 23.2 Å². The molecule has 4 aliphatic rings. The number of carbonyl (C=O) groups is 3. The number of alkyl halides is 3. The highest BCUT2D eigenvalue weighted by atomic mass is 19.4. The number of aliphatic carboxylic acids is 1. The number of nitrogens with one attached hydrogen (secondary N) is 2. The first-order valence-electron chi connectivity index (χ1n) is 15.1. The number of amides is 2. The molecule has 246 valence electrons. The molecule has 3 N–H and O–H groups in total. The number of halogens is 3. The summed E-state index contributed by atoms with van der Waals surface area (Å²) in [5.74, 6) is -1.92. The van der Waals surface area contributed by atoms with E-state index in [1.807, 2.05) is 30.3 Å². The molecule has 1 heterocycles. The molecule has 0 radical (unpaired) electrons. The highest BCUT2D eigenvalue weighted by Gasteiger charge is 2.68. The van der Waals surface area contributed by atoms with Crippen LogP contribution in [0.4, 0.5) is 18.0 Å². The molecule has 3 saturated carbocycles. The number of hydrogen-bond acceptors (Lipinski definition) is 6. The molecule has 2 amide bonds. The number of benzene rings is 1. The highest BCUT2D eigenvalue weighted by molar-refractivity contribution is 6.48. The first-order valence-corrected chi connectivity index (χ1v) is 15.1. The number of carboxylic acids is 1. The summed E-state index contributed by atoms with van der Waals surface area (Å²) in [7, 11) is -0.518. The molecule has 5 rings (SSSR count). The zero-order valence-electron chi connectivity index (χ0n) is 26.8. The third-order valence-electron chi connectivity index (χ3n) is 8.88. The Bertz CT molecular complexity index is 1180. The van der Waals surface area contributed by atoms with Crippen LogP contribution in [0.15, 0.2) is 30.3 Å². The Morgan fingerprint density at radius 1 is 1.07 bits per heavy atom. The van der Waals surface area contributed by atoms with Crippen molar-refractivity contribution in [2.24, 2.45) is 23.2 Å². The van der Waals surface area contributed by atoms with E-state index in [2.05, 4.69) is 45.3 Å². The lowest BCUT2D eigenvalue weighted by atomic mass is 9.43. The van der Waals surface area contributed by atoms with Gasteiger partial charge in [0.1, 0.15) is 11.6 Å². The van der Waals surface area contributed by atoms with E-state index in [0.717, 1.165) is 12.0 Å². The van der Waals surface area contributed by atoms with Crippen LogP contribution < -0.4 is 10.6 Å². The van der Waals surface area contributed by atoms with Gasteiger partial charge in [0.2, 0.25) is 5.91 Å². The standard InChI is InChI=1S/C29H45BN2O5.C2HF3O2/c1-18(2)14-24(30-36-23-17-20-16-22(28(20,6)7)29(23,8)37-30)32-25(33)21(15-19-12-10-9-11-13-19)31-26(34)35-27(3,4)5;3-2(4,5)1(6)7/h9-13,18,20-24H,14-17H2,1-8H3,(H,31,34)(H,32,33);(H,6,7)/t20-,21?,22-,23-,24+,29-;/m0./s1. The van der Waals surface area contributed by atoms with Gasteiger partial charge in [-0.2, -0.15) is 13.2 Å². The van der Waals surface area contributed by atoms with E-state index in [0.29, 0.717) is 30.6 Å². The highest BCUT2D eigenvalue weighted by Crippen LogP contribution is 2.65. The topological polar surface area (TPSA) is 123 Å². The molecular formula is C31H46BF3N2O7. The molecule has 13 heteroatoms. The van der Waals surface area contributed by atoms with Crippen molar-refractivity contribution in [2.45, 2.75) is 117 Å². The molecule has 9 nitrogen and oxygen atoms in total. The Labute approximate surface area is 258 Å². The van der Waals surface area contributed by atoms with Gasteiger partial charge in [0, 0.05) is 6.42 Å². The zero-order chi connectivity index (χ0) is 33.3. The van der Waals surface area contributed by atoms with Gasteiger partial charge in [-0.1, -0.05) is 58.0 Å². The molecular weight excluding hydrogens is 580 g/mol. The molecule has 0 spiro atoms. The second-order valence-corrected chi connectivity index (χ2v) is 14.3. The molecule has 1 aliphatic heterocycles. The first kappa shape index (κ1) is 35.7. The van der Waals surface area contributed by atoms with Crippen LogP contribution >= 0.6 is 0 Å². The summed E-state index contributed by atoms with van der Waals surface area (Å²) in [6.07, 6.45) is -2.42. The Morgan fingerprint density at radius 2 is 1.66 bits per heavy atom. The molecule has 2 bridgehead atoms. The Hall–Kier alpha value is -2.80. The van der Waals surface area contributed by atoms with Gasteiger partial charge in [-0.05, 0) is 75.7 Å². The predicted molar refractivity (Wildman–Crippen MR) is 158 cm³/mol. The number of carboxylic acid groups (broad SMARTS) is 1. The van der Waals surface area contributed by atoms with Gasteiger partial charge in [-0.3, -0.25) is 4.79 Å². The van der Waals surface area contributed by atoms with Gasteiger partial charge in [0.05, 0.1) is 17.6 Å². The molecule has 0 aromatic heterocycles. The second kappa shape index (κ2) is 13.3. The fraction of sp³-hybridized carbons (Fsp3) is 0.710. The van der Waals surface area contributed by atoms with Gasteiger partial charge in [0.25, 0.3) is 0 Å². The SMILES string of the molecule is CC(C)C[C@@H](NC(=O)C(Cc1ccccc1)NC(=O)OC(C)(C)C)B1O[C@H]2C[C@@H]3C[C@@H](C3(C)C)[C@]2(C)O1.O=C(O)C(F)(F)F. The minimum Gasteiger partial charge on any atom is -0.475 e. The van der Waals surface area contributed by atoms with Crippen LogP contribution in [0.3, 0.4) is 0 Å². The monoisotopic (exact) mass is 626 g/mol. The van der Waals surface area contributed by atoms with E-state index in [9.17, 15) is 22.8 Å². The van der Waals surface area contributed by atoms with E-state index >= 15 is 0 Å². The van der Waals surface area contributed by atoms with Crippen LogP contribution in [0.25, 0.3) is 0 Å². The summed E-state index contributed by atoms with van der Waals surface area (Å²) < 4.78 is 50.4. The summed E-state index contributed by atoms with van der Waals surface area (Å²) in [6.45, 7) is 16.5. The van der Waals surface area contributed by atoms with Crippen molar-refractivity contribution in [3.05, 3.63) is 35.9 Å². The Morgan fingerprint density at radius 3 is 2.16 bits per heavy atom. The molecule has 1 aromatic carbocycles. The van der Waals surface area contributed by atoms with E-state index in [4.69, 9.17) is 23.9 Å². The zero-order valence-corrected chi connectivity index (χ0v) is 26.8. The summed E-state index contributed by atoms with van der Waals surface area (Å²) >= 11 is 0. The third kappa shape index (κ3) is 8.68. The predicted octanol–water partition coefficient (Wildman–Crippen LogP) is 5.55. The van der Waals surface area contributed by atoms with Gasteiger partial charge < -0.3 is 29.8 Å². The quantitative estimate of drug-likeness (QED) is 0.323. The smallest absolute Gasteiger partial charge is 0.475 e. The van der Waals surface area contributed by atoms with Crippen LogP contribution in [0.2, 0.25) is 0 Å². The minimum absolute atomic E-state index is 0.0424. The second-order valence-electron chi connectivity index (χ2n) is 14.3. The summed E-state index contributed by atoms with van der Waals surface area (Å²) in [5, 5.41) is 13.1. The average Bonchev–Trinajstić information content (AvgIpc) is 3.24. The maximum Gasteiger partial charge on any atom is 0.490 e. The van der Waals surface area contributed by atoms with E-state index in [1.54, 1.807) is 20.8 Å². The number of alkyl carbamates (subject to hydrolysis) is 1. The van der Waals surface area contributed by atoms with Crippen molar-refractivity contribution in [1.29, 1.82) is 0 Å². The van der Waals surface area contributed by atoms with E-state index in [-0.39, 0.29) is 29.0 Å². The van der Waals surface area contributed by atoms with Crippen LogP contribution in [-0.4, -0.2) is 65.7 Å².